The molecule has 2 rings (SSSR count). The van der Waals surface area contributed by atoms with Crippen LogP contribution in [0.15, 0.2) is 42.5 Å². The summed E-state index contributed by atoms with van der Waals surface area (Å²) in [4.78, 5) is 1.90. The summed E-state index contributed by atoms with van der Waals surface area (Å²) in [5, 5.41) is 10.1. The summed E-state index contributed by atoms with van der Waals surface area (Å²) in [5.41, 5.74) is 1.18. The molecular formula is C18H21F2NO2. The molecule has 2 aromatic carbocycles. The van der Waals surface area contributed by atoms with Gasteiger partial charge in [0.25, 0.3) is 0 Å². The zero-order chi connectivity index (χ0) is 16.8. The van der Waals surface area contributed by atoms with Crippen molar-refractivity contribution in [3.63, 3.8) is 0 Å². The number of hydrogen-bond acceptors (Lipinski definition) is 3. The molecule has 1 atom stereocenters. The van der Waals surface area contributed by atoms with Gasteiger partial charge in [-0.25, -0.2) is 8.78 Å². The number of methoxy groups -OCH3 is 1. The number of halogens is 2. The Balaban J connectivity index is 1.92. The smallest absolute Gasteiger partial charge is 0.131 e. The lowest BCUT2D eigenvalue weighted by atomic mass is 10.1. The molecule has 0 saturated heterocycles. The van der Waals surface area contributed by atoms with Crippen LogP contribution >= 0.6 is 0 Å². The Kier molecular flexibility index (Phi) is 6.07. The molecule has 23 heavy (non-hydrogen) atoms. The number of para-hydroxylation sites is 1. The predicted molar refractivity (Wildman–Crippen MR) is 85.5 cm³/mol. The van der Waals surface area contributed by atoms with Crippen molar-refractivity contribution in [3.8, 4) is 5.75 Å². The summed E-state index contributed by atoms with van der Waals surface area (Å²) in [6.45, 7) is 0.942. The van der Waals surface area contributed by atoms with Crippen LogP contribution in [0, 0.1) is 11.6 Å². The molecule has 0 radical (unpaired) electrons. The zero-order valence-corrected chi connectivity index (χ0v) is 13.3. The van der Waals surface area contributed by atoms with Crippen LogP contribution in [0.5, 0.6) is 5.75 Å². The third-order valence-electron chi connectivity index (χ3n) is 3.76. The topological polar surface area (TPSA) is 32.7 Å². The zero-order valence-electron chi connectivity index (χ0n) is 13.3. The number of benzene rings is 2. The van der Waals surface area contributed by atoms with Crippen LogP contribution in [-0.4, -0.2) is 37.3 Å². The van der Waals surface area contributed by atoms with Crippen LogP contribution in [0.1, 0.15) is 17.2 Å². The van der Waals surface area contributed by atoms with Gasteiger partial charge in [-0.05, 0) is 31.2 Å². The van der Waals surface area contributed by atoms with Gasteiger partial charge in [0.05, 0.1) is 13.2 Å². The molecule has 0 fully saturated rings. The first-order chi connectivity index (χ1) is 11.0. The fraction of sp³-hybridized carbons (Fsp3) is 0.333. The van der Waals surface area contributed by atoms with Crippen molar-refractivity contribution >= 4 is 0 Å². The first-order valence-electron chi connectivity index (χ1n) is 7.44. The third kappa shape index (κ3) is 4.74. The fourth-order valence-electron chi connectivity index (χ4n) is 2.48. The molecule has 5 heteroatoms. The minimum Gasteiger partial charge on any atom is -0.496 e. The molecule has 0 aliphatic heterocycles. The molecule has 1 N–H and O–H groups in total. The molecule has 0 aromatic heterocycles. The summed E-state index contributed by atoms with van der Waals surface area (Å²) < 4.78 is 31.9. The molecule has 3 nitrogen and oxygen atoms in total. The Morgan fingerprint density at radius 3 is 2.61 bits per heavy atom. The molecule has 0 heterocycles. The van der Waals surface area contributed by atoms with E-state index < -0.39 is 17.7 Å². The molecule has 0 saturated carbocycles. The molecular weight excluding hydrogens is 300 g/mol. The van der Waals surface area contributed by atoms with Gasteiger partial charge >= 0.3 is 0 Å². The van der Waals surface area contributed by atoms with E-state index in [9.17, 15) is 13.9 Å². The van der Waals surface area contributed by atoms with Gasteiger partial charge in [-0.1, -0.05) is 24.3 Å². The number of likely N-dealkylation sites (N-methyl/N-ethyl adjacent to an activating group) is 1. The van der Waals surface area contributed by atoms with Crippen LogP contribution in [0.25, 0.3) is 0 Å². The average molecular weight is 321 g/mol. The Labute approximate surface area is 135 Å². The van der Waals surface area contributed by atoms with E-state index in [2.05, 4.69) is 0 Å². The van der Waals surface area contributed by atoms with E-state index in [0.717, 1.165) is 29.9 Å². The molecule has 0 aliphatic rings. The Hall–Kier alpha value is -1.98. The van der Waals surface area contributed by atoms with Crippen molar-refractivity contribution in [2.24, 2.45) is 0 Å². The van der Waals surface area contributed by atoms with Gasteiger partial charge in [0.2, 0.25) is 0 Å². The van der Waals surface area contributed by atoms with Gasteiger partial charge in [-0.3, -0.25) is 0 Å². The quantitative estimate of drug-likeness (QED) is 0.850. The largest absolute Gasteiger partial charge is 0.496 e. The van der Waals surface area contributed by atoms with Crippen LogP contribution < -0.4 is 4.74 Å². The monoisotopic (exact) mass is 321 g/mol. The highest BCUT2D eigenvalue weighted by molar-refractivity contribution is 5.33. The highest BCUT2D eigenvalue weighted by Gasteiger charge is 2.16. The van der Waals surface area contributed by atoms with Crippen LogP contribution in [-0.2, 0) is 6.42 Å². The average Bonchev–Trinajstić information content (AvgIpc) is 2.53. The van der Waals surface area contributed by atoms with Crippen molar-refractivity contribution in [2.45, 2.75) is 12.5 Å². The number of nitrogens with zero attached hydrogens (tertiary/aromatic N) is 1. The van der Waals surface area contributed by atoms with Gasteiger partial charge in [-0.2, -0.15) is 0 Å². The second kappa shape index (κ2) is 8.04. The van der Waals surface area contributed by atoms with E-state index in [1.54, 1.807) is 7.11 Å². The Bertz CT molecular complexity index is 649. The van der Waals surface area contributed by atoms with Crippen molar-refractivity contribution < 1.29 is 18.6 Å². The molecule has 0 aliphatic carbocycles. The minimum atomic E-state index is -1.00. The molecule has 0 bridgehead atoms. The van der Waals surface area contributed by atoms with Crippen molar-refractivity contribution in [1.82, 2.24) is 4.90 Å². The highest BCUT2D eigenvalue weighted by Crippen LogP contribution is 2.20. The molecule has 0 spiro atoms. The lowest BCUT2D eigenvalue weighted by Crippen LogP contribution is -2.27. The lowest BCUT2D eigenvalue weighted by molar-refractivity contribution is 0.124. The first-order valence-corrected chi connectivity index (χ1v) is 7.44. The lowest BCUT2D eigenvalue weighted by Gasteiger charge is -2.21. The molecule has 0 amide bonds. The third-order valence-corrected chi connectivity index (χ3v) is 3.76. The Morgan fingerprint density at radius 2 is 1.91 bits per heavy atom. The molecule has 124 valence electrons. The highest BCUT2D eigenvalue weighted by atomic mass is 19.1. The molecule has 2 aromatic rings. The number of rotatable bonds is 7. The summed E-state index contributed by atoms with van der Waals surface area (Å²) in [5.74, 6) is -0.551. The second-order valence-corrected chi connectivity index (χ2v) is 5.51. The summed E-state index contributed by atoms with van der Waals surface area (Å²) >= 11 is 0. The van der Waals surface area contributed by atoms with E-state index in [0.29, 0.717) is 6.54 Å². The van der Waals surface area contributed by atoms with Crippen LogP contribution in [0.3, 0.4) is 0 Å². The fourth-order valence-corrected chi connectivity index (χ4v) is 2.48. The maximum atomic E-state index is 13.7. The van der Waals surface area contributed by atoms with Crippen LogP contribution in [0.2, 0.25) is 0 Å². The van der Waals surface area contributed by atoms with Gasteiger partial charge in [-0.15, -0.1) is 0 Å². The normalized spacial score (nSPS) is 12.4. The SMILES string of the molecule is COc1ccccc1CCN(C)CC(O)c1ccc(F)cc1F. The number of aliphatic hydroxyl groups excluding tert-OH is 1. The van der Waals surface area contributed by atoms with Gasteiger partial charge < -0.3 is 14.7 Å². The van der Waals surface area contributed by atoms with Crippen molar-refractivity contribution in [1.29, 1.82) is 0 Å². The number of aliphatic hydroxyl groups is 1. The van der Waals surface area contributed by atoms with E-state index in [1.165, 1.54) is 6.07 Å². The second-order valence-electron chi connectivity index (χ2n) is 5.51. The maximum Gasteiger partial charge on any atom is 0.131 e. The summed E-state index contributed by atoms with van der Waals surface area (Å²) in [6, 6.07) is 11.0. The Morgan fingerprint density at radius 1 is 1.17 bits per heavy atom. The first kappa shape index (κ1) is 17.4. The van der Waals surface area contributed by atoms with Crippen molar-refractivity contribution in [2.75, 3.05) is 27.2 Å². The van der Waals surface area contributed by atoms with Gasteiger partial charge in [0, 0.05) is 24.7 Å². The van der Waals surface area contributed by atoms with Gasteiger partial charge in [0.1, 0.15) is 17.4 Å². The minimum absolute atomic E-state index is 0.107. The van der Waals surface area contributed by atoms with E-state index in [1.807, 2.05) is 36.2 Å². The van der Waals surface area contributed by atoms with E-state index in [-0.39, 0.29) is 12.1 Å². The predicted octanol–water partition coefficient (Wildman–Crippen LogP) is 3.18. The summed E-state index contributed by atoms with van der Waals surface area (Å²) in [7, 11) is 3.48. The van der Waals surface area contributed by atoms with Crippen LogP contribution in [0.4, 0.5) is 8.78 Å². The maximum absolute atomic E-state index is 13.7. The summed E-state index contributed by atoms with van der Waals surface area (Å²) in [6.07, 6.45) is -0.252. The number of hydrogen-bond donors (Lipinski definition) is 1. The van der Waals surface area contributed by atoms with E-state index in [4.69, 9.17) is 4.74 Å². The molecule has 1 unspecified atom stereocenters. The van der Waals surface area contributed by atoms with Crippen molar-refractivity contribution in [3.05, 3.63) is 65.2 Å². The number of ether oxygens (including phenoxy) is 1. The van der Waals surface area contributed by atoms with Gasteiger partial charge in [0.15, 0.2) is 0 Å². The standard InChI is InChI=1S/C18H21F2NO2/c1-21(10-9-13-5-3-4-6-18(13)23-2)12-17(22)15-8-7-14(19)11-16(15)20/h3-8,11,17,22H,9-10,12H2,1-2H3. The van der Waals surface area contributed by atoms with E-state index >= 15 is 0 Å².